The number of sulfonamides is 1. The van der Waals surface area contributed by atoms with E-state index >= 15 is 0 Å². The number of anilines is 4. The van der Waals surface area contributed by atoms with Crippen molar-refractivity contribution < 1.29 is 18.0 Å². The minimum atomic E-state index is -4.10. The van der Waals surface area contributed by atoms with Crippen LogP contribution in [-0.2, 0) is 16.6 Å². The predicted octanol–water partition coefficient (Wildman–Crippen LogP) is 2.57. The van der Waals surface area contributed by atoms with Crippen LogP contribution in [0.4, 0.5) is 27.5 Å². The van der Waals surface area contributed by atoms with Crippen LogP contribution in [0.5, 0.6) is 0 Å². The van der Waals surface area contributed by atoms with Gasteiger partial charge >= 0.3 is 6.03 Å². The quantitative estimate of drug-likeness (QED) is 0.269. The van der Waals surface area contributed by atoms with E-state index in [4.69, 9.17) is 5.73 Å². The monoisotopic (exact) mass is 549 g/mol. The maximum absolute atomic E-state index is 13.4. The Labute approximate surface area is 227 Å². The van der Waals surface area contributed by atoms with Crippen molar-refractivity contribution in [3.8, 4) is 0 Å². The average Bonchev–Trinajstić information content (AvgIpc) is 2.93. The van der Waals surface area contributed by atoms with E-state index in [0.717, 1.165) is 37.0 Å². The lowest BCUT2D eigenvalue weighted by molar-refractivity contribution is 0.102. The molecule has 0 radical (unpaired) electrons. The fourth-order valence-electron chi connectivity index (χ4n) is 4.54. The molecule has 0 unspecified atom stereocenters. The molecule has 11 nitrogen and oxygen atoms in total. The summed E-state index contributed by atoms with van der Waals surface area (Å²) in [6.07, 6.45) is 0. The first kappa shape index (κ1) is 26.5. The van der Waals surface area contributed by atoms with Gasteiger partial charge in [0.05, 0.1) is 23.6 Å². The maximum Gasteiger partial charge on any atom is 0.336 e. The first-order valence-electron chi connectivity index (χ1n) is 12.7. The van der Waals surface area contributed by atoms with Crippen LogP contribution in [0.2, 0.25) is 0 Å². The van der Waals surface area contributed by atoms with Gasteiger partial charge < -0.3 is 27.0 Å². The van der Waals surface area contributed by atoms with Gasteiger partial charge in [0.15, 0.2) is 0 Å². The molecule has 2 aliphatic heterocycles. The van der Waals surface area contributed by atoms with Crippen molar-refractivity contribution in [1.82, 2.24) is 14.5 Å². The van der Waals surface area contributed by atoms with Gasteiger partial charge in [-0.1, -0.05) is 24.3 Å². The number of nitrogens with two attached hydrogens (primary N) is 1. The number of hydrogen-bond donors (Lipinski definition) is 5. The van der Waals surface area contributed by atoms with E-state index in [0.29, 0.717) is 34.7 Å². The number of urea groups is 1. The van der Waals surface area contributed by atoms with Crippen LogP contribution in [-0.4, -0.2) is 68.8 Å². The molecule has 3 amide bonds. The molecular formula is C27H31N7O4S. The van der Waals surface area contributed by atoms with Crippen LogP contribution in [0, 0.1) is 0 Å². The van der Waals surface area contributed by atoms with Crippen LogP contribution in [0.3, 0.4) is 0 Å². The zero-order chi connectivity index (χ0) is 27.4. The fraction of sp³-hybridized carbons (Fsp3) is 0.259. The number of rotatable bonds is 8. The first-order valence-corrected chi connectivity index (χ1v) is 14.1. The normalized spacial score (nSPS) is 16.7. The third kappa shape index (κ3) is 5.98. The molecule has 12 heteroatoms. The topological polar surface area (TPSA) is 149 Å². The van der Waals surface area contributed by atoms with Crippen molar-refractivity contribution in [1.29, 1.82) is 0 Å². The summed E-state index contributed by atoms with van der Waals surface area (Å²) in [5.41, 5.74) is 8.67. The van der Waals surface area contributed by atoms with E-state index < -0.39 is 16.1 Å². The van der Waals surface area contributed by atoms with Gasteiger partial charge in [-0.25, -0.2) is 17.5 Å². The Hall–Kier alpha value is -4.13. The third-order valence-electron chi connectivity index (χ3n) is 6.74. The van der Waals surface area contributed by atoms with E-state index in [2.05, 4.69) is 26.2 Å². The highest BCUT2D eigenvalue weighted by Crippen LogP contribution is 2.33. The lowest BCUT2D eigenvalue weighted by Gasteiger charge is -2.29. The lowest BCUT2D eigenvalue weighted by Crippen LogP contribution is -2.45. The van der Waals surface area contributed by atoms with Gasteiger partial charge in [-0.15, -0.1) is 0 Å². The summed E-state index contributed by atoms with van der Waals surface area (Å²) in [6, 6.07) is 17.5. The number of nitrogens with one attached hydrogen (secondary N) is 4. The summed E-state index contributed by atoms with van der Waals surface area (Å²) >= 11 is 0. The number of nitrogen functional groups attached to an aromatic ring is 1. The molecule has 0 spiro atoms. The number of fused-ring (bicyclic) bond motifs is 1. The number of carbonyl (C=O) groups is 2. The third-order valence-corrected chi connectivity index (χ3v) is 8.50. The molecule has 0 aromatic heterocycles. The number of hydrogen-bond acceptors (Lipinski definition) is 8. The Kier molecular flexibility index (Phi) is 7.68. The Morgan fingerprint density at radius 2 is 1.74 bits per heavy atom. The molecule has 1 fully saturated rings. The molecule has 0 saturated carbocycles. The minimum absolute atomic E-state index is 0.0331. The van der Waals surface area contributed by atoms with Crippen molar-refractivity contribution in [3.63, 3.8) is 0 Å². The number of nitrogens with zero attached hydrogens (tertiary/aromatic N) is 2. The Balaban J connectivity index is 1.26. The van der Waals surface area contributed by atoms with Crippen LogP contribution < -0.4 is 27.0 Å². The molecule has 5 rings (SSSR count). The molecule has 0 bridgehead atoms. The summed E-state index contributed by atoms with van der Waals surface area (Å²) in [6.45, 7) is 5.23. The highest BCUT2D eigenvalue weighted by molar-refractivity contribution is 7.90. The van der Waals surface area contributed by atoms with Gasteiger partial charge in [-0.2, -0.15) is 0 Å². The SMILES string of the molecule is Nc1ccccc1NC(=O)c1ccc(CN2C(=O)Nc3ccc(NCCN4CCNCC4)cc3S2(=O)=O)cc1. The van der Waals surface area contributed by atoms with Crippen molar-refractivity contribution in [2.45, 2.75) is 11.4 Å². The Morgan fingerprint density at radius 1 is 1.00 bits per heavy atom. The first-order chi connectivity index (χ1) is 18.8. The zero-order valence-electron chi connectivity index (χ0n) is 21.3. The highest BCUT2D eigenvalue weighted by atomic mass is 32.2. The molecule has 2 aliphatic rings. The van der Waals surface area contributed by atoms with Gasteiger partial charge in [0.2, 0.25) is 0 Å². The average molecular weight is 550 g/mol. The second-order valence-corrected chi connectivity index (χ2v) is 11.2. The number of carbonyl (C=O) groups excluding carboxylic acids is 2. The highest BCUT2D eigenvalue weighted by Gasteiger charge is 2.37. The minimum Gasteiger partial charge on any atom is -0.397 e. The van der Waals surface area contributed by atoms with Crippen LogP contribution in [0.15, 0.2) is 71.6 Å². The van der Waals surface area contributed by atoms with Gasteiger partial charge in [0.25, 0.3) is 15.9 Å². The second-order valence-electron chi connectivity index (χ2n) is 9.41. The van der Waals surface area contributed by atoms with Gasteiger partial charge in [0.1, 0.15) is 4.90 Å². The zero-order valence-corrected chi connectivity index (χ0v) is 22.1. The molecule has 3 aromatic carbocycles. The summed E-state index contributed by atoms with van der Waals surface area (Å²) in [5, 5.41) is 12.0. The van der Waals surface area contributed by atoms with Crippen LogP contribution in [0.25, 0.3) is 0 Å². The van der Waals surface area contributed by atoms with Gasteiger partial charge in [0, 0.05) is 50.5 Å². The van der Waals surface area contributed by atoms with E-state index in [1.165, 1.54) is 0 Å². The molecule has 3 aromatic rings. The van der Waals surface area contributed by atoms with E-state index in [1.54, 1.807) is 66.7 Å². The number of amides is 3. The van der Waals surface area contributed by atoms with Crippen LogP contribution in [0.1, 0.15) is 15.9 Å². The molecule has 0 atom stereocenters. The van der Waals surface area contributed by atoms with Crippen molar-refractivity contribution >= 4 is 44.7 Å². The molecule has 6 N–H and O–H groups in total. The fourth-order valence-corrected chi connectivity index (χ4v) is 6.03. The summed E-state index contributed by atoms with van der Waals surface area (Å²) < 4.78 is 27.7. The van der Waals surface area contributed by atoms with Crippen molar-refractivity contribution in [3.05, 3.63) is 77.9 Å². The Bertz CT molecular complexity index is 1470. The van der Waals surface area contributed by atoms with E-state index in [1.807, 2.05) is 0 Å². The molecule has 204 valence electrons. The summed E-state index contributed by atoms with van der Waals surface area (Å²) in [4.78, 5) is 27.7. The van der Waals surface area contributed by atoms with E-state index in [-0.39, 0.29) is 23.0 Å². The second kappa shape index (κ2) is 11.3. The predicted molar refractivity (Wildman–Crippen MR) is 151 cm³/mol. The van der Waals surface area contributed by atoms with E-state index in [9.17, 15) is 18.0 Å². The smallest absolute Gasteiger partial charge is 0.336 e. The van der Waals surface area contributed by atoms with Crippen LogP contribution >= 0.6 is 0 Å². The standard InChI is InChI=1S/C27H31N7O4S/c28-22-3-1-2-4-23(22)31-26(35)20-7-5-19(6-8-20)18-34-27(36)32-24-10-9-21(17-25(24)39(34,37)38)30-13-16-33-14-11-29-12-15-33/h1-10,17,29-30H,11-16,18,28H2,(H,31,35)(H,32,36). The number of benzene rings is 3. The molecule has 0 aliphatic carbocycles. The Morgan fingerprint density at radius 3 is 2.49 bits per heavy atom. The molecule has 2 heterocycles. The van der Waals surface area contributed by atoms with Crippen molar-refractivity contribution in [2.24, 2.45) is 0 Å². The molecule has 1 saturated heterocycles. The lowest BCUT2D eigenvalue weighted by atomic mass is 10.1. The molecular weight excluding hydrogens is 518 g/mol. The molecule has 39 heavy (non-hydrogen) atoms. The summed E-state index contributed by atoms with van der Waals surface area (Å²) in [7, 11) is -4.10. The summed E-state index contributed by atoms with van der Waals surface area (Å²) in [5.74, 6) is -0.353. The van der Waals surface area contributed by atoms with Gasteiger partial charge in [-0.05, 0) is 48.0 Å². The van der Waals surface area contributed by atoms with Gasteiger partial charge in [-0.3, -0.25) is 9.69 Å². The number of piperazine rings is 1. The van der Waals surface area contributed by atoms with Crippen molar-refractivity contribution in [2.75, 3.05) is 61.0 Å². The maximum atomic E-state index is 13.4. The largest absolute Gasteiger partial charge is 0.397 e. The number of para-hydroxylation sites is 2.